The Morgan fingerprint density at radius 2 is 1.52 bits per heavy atom. The van der Waals surface area contributed by atoms with Crippen molar-refractivity contribution in [3.05, 3.63) is 76.7 Å². The highest BCUT2D eigenvalue weighted by atomic mass is 36.0. The fourth-order valence-corrected chi connectivity index (χ4v) is 2.20. The molecule has 0 aliphatic rings. The number of nitrogens with one attached hydrogen (secondary N) is 1. The molecule has 4 aromatic rings. The molecule has 0 aromatic carbocycles. The highest BCUT2D eigenvalue weighted by molar-refractivity contribution is 8.24. The van der Waals surface area contributed by atoms with Crippen molar-refractivity contribution in [2.45, 2.75) is 0 Å². The number of nitrogens with zero attached hydrogens (tertiary/aromatic N) is 3. The molecular formula is C16H11Cl4N4O2P. The van der Waals surface area contributed by atoms with Gasteiger partial charge >= 0.3 is 5.20 Å². The molecule has 6 nitrogen and oxygen atoms in total. The van der Waals surface area contributed by atoms with E-state index in [0.717, 1.165) is 21.4 Å². The summed E-state index contributed by atoms with van der Waals surface area (Å²) in [6.07, 6.45) is 9.93. The van der Waals surface area contributed by atoms with Crippen molar-refractivity contribution in [1.82, 2.24) is 19.9 Å². The summed E-state index contributed by atoms with van der Waals surface area (Å²) in [4.78, 5) is 26.0. The molecule has 0 saturated carbocycles. The standard InChI is InChI=1S/C8H5ClN2.C8H6N2O.Cl3OP/c9-7-2-4-11-8-5-10-3-1-6(7)8;11-8-2-4-10-7-5-9-3-1-6(7)8;1-5(2,3)4/h1-5H;1-5H,(H,10,11);. The highest BCUT2D eigenvalue weighted by Gasteiger charge is 2.03. The van der Waals surface area contributed by atoms with Crippen LogP contribution in [0.25, 0.3) is 21.8 Å². The predicted molar refractivity (Wildman–Crippen MR) is 112 cm³/mol. The van der Waals surface area contributed by atoms with Gasteiger partial charge in [-0.1, -0.05) is 11.6 Å². The Bertz CT molecular complexity index is 1130. The van der Waals surface area contributed by atoms with Gasteiger partial charge in [0.25, 0.3) is 0 Å². The van der Waals surface area contributed by atoms with Gasteiger partial charge in [-0.05, 0) is 51.9 Å². The van der Waals surface area contributed by atoms with Crippen LogP contribution in [-0.4, -0.2) is 19.9 Å². The van der Waals surface area contributed by atoms with E-state index in [0.29, 0.717) is 5.39 Å². The van der Waals surface area contributed by atoms with Gasteiger partial charge in [0, 0.05) is 41.6 Å². The maximum absolute atomic E-state index is 11.1. The molecule has 0 fully saturated rings. The van der Waals surface area contributed by atoms with E-state index in [1.54, 1.807) is 49.3 Å². The molecule has 4 rings (SSSR count). The highest BCUT2D eigenvalue weighted by Crippen LogP contribution is 2.61. The average molecular weight is 464 g/mol. The van der Waals surface area contributed by atoms with Crippen LogP contribution in [0.5, 0.6) is 0 Å². The number of pyridine rings is 4. The van der Waals surface area contributed by atoms with Gasteiger partial charge in [0.05, 0.1) is 28.4 Å². The lowest BCUT2D eigenvalue weighted by Crippen LogP contribution is -1.99. The molecule has 4 heterocycles. The molecule has 0 unspecified atom stereocenters. The summed E-state index contributed by atoms with van der Waals surface area (Å²) in [6, 6.07) is 6.82. The fourth-order valence-electron chi connectivity index (χ4n) is 1.98. The van der Waals surface area contributed by atoms with Crippen molar-refractivity contribution in [1.29, 1.82) is 0 Å². The van der Waals surface area contributed by atoms with Gasteiger partial charge in [0.2, 0.25) is 0 Å². The van der Waals surface area contributed by atoms with Crippen molar-refractivity contribution in [3.8, 4) is 0 Å². The number of hydrogen-bond donors (Lipinski definition) is 1. The molecule has 0 spiro atoms. The lowest BCUT2D eigenvalue weighted by molar-refractivity contribution is 0.600. The van der Waals surface area contributed by atoms with Crippen molar-refractivity contribution < 1.29 is 4.57 Å². The number of aromatic nitrogens is 4. The van der Waals surface area contributed by atoms with Crippen LogP contribution in [0.3, 0.4) is 0 Å². The second kappa shape index (κ2) is 10.0. The number of aromatic amines is 1. The van der Waals surface area contributed by atoms with Crippen LogP contribution in [-0.2, 0) is 4.57 Å². The lowest BCUT2D eigenvalue weighted by Gasteiger charge is -1.95. The van der Waals surface area contributed by atoms with Gasteiger partial charge in [-0.3, -0.25) is 24.3 Å². The van der Waals surface area contributed by atoms with Gasteiger partial charge in [-0.15, -0.1) is 0 Å². The molecule has 0 aliphatic carbocycles. The predicted octanol–water partition coefficient (Wildman–Crippen LogP) is 6.02. The fraction of sp³-hybridized carbons (Fsp3) is 0. The van der Waals surface area contributed by atoms with Gasteiger partial charge in [0.1, 0.15) is 0 Å². The maximum Gasteiger partial charge on any atom is 0.339 e. The first-order chi connectivity index (χ1) is 12.8. The molecule has 0 saturated heterocycles. The van der Waals surface area contributed by atoms with Crippen molar-refractivity contribution >= 4 is 72.3 Å². The van der Waals surface area contributed by atoms with Gasteiger partial charge < -0.3 is 4.98 Å². The van der Waals surface area contributed by atoms with Crippen molar-refractivity contribution in [2.75, 3.05) is 0 Å². The number of H-pyrrole nitrogens is 1. The van der Waals surface area contributed by atoms with Crippen LogP contribution in [0, 0.1) is 0 Å². The molecule has 0 atom stereocenters. The number of halogens is 4. The SMILES string of the molecule is Clc1ccnc2cnccc12.O=P(Cl)(Cl)Cl.O=c1cc[nH]c2cnccc12. The molecule has 4 aromatic heterocycles. The number of fused-ring (bicyclic) bond motifs is 2. The topological polar surface area (TPSA) is 88.6 Å². The molecule has 0 bridgehead atoms. The smallest absolute Gasteiger partial charge is 0.339 e. The lowest BCUT2D eigenvalue weighted by atomic mass is 10.3. The zero-order valence-electron chi connectivity index (χ0n) is 13.4. The minimum absolute atomic E-state index is 0.0288. The summed E-state index contributed by atoms with van der Waals surface area (Å²) < 4.78 is 9.51. The van der Waals surface area contributed by atoms with Crippen LogP contribution in [0.1, 0.15) is 0 Å². The summed E-state index contributed by atoms with van der Waals surface area (Å²) in [7, 11) is 0. The minimum atomic E-state index is -3.22. The Balaban J connectivity index is 0.000000157. The first kappa shape index (κ1) is 21.6. The molecule has 0 aliphatic heterocycles. The minimum Gasteiger partial charge on any atom is -0.360 e. The Kier molecular flexibility index (Phi) is 8.02. The summed E-state index contributed by atoms with van der Waals surface area (Å²) in [6.45, 7) is 0. The second-order valence-corrected chi connectivity index (χ2v) is 11.9. The Morgan fingerprint density at radius 3 is 2.15 bits per heavy atom. The van der Waals surface area contributed by atoms with E-state index in [9.17, 15) is 9.36 Å². The van der Waals surface area contributed by atoms with Crippen LogP contribution in [0.15, 0.2) is 66.2 Å². The summed E-state index contributed by atoms with van der Waals surface area (Å²) in [5.74, 6) is 0. The van der Waals surface area contributed by atoms with E-state index in [4.69, 9.17) is 11.6 Å². The number of hydrogen-bond acceptors (Lipinski definition) is 5. The molecular weight excluding hydrogens is 453 g/mol. The Labute approximate surface area is 173 Å². The number of rotatable bonds is 0. The summed E-state index contributed by atoms with van der Waals surface area (Å²) in [5, 5.41) is -0.871. The third-order valence-corrected chi connectivity index (χ3v) is 3.38. The normalized spacial score (nSPS) is 10.5. The third kappa shape index (κ3) is 7.45. The average Bonchev–Trinajstić information content (AvgIpc) is 2.62. The molecule has 27 heavy (non-hydrogen) atoms. The quantitative estimate of drug-likeness (QED) is 0.322. The van der Waals surface area contributed by atoms with E-state index in [1.807, 2.05) is 6.07 Å². The largest absolute Gasteiger partial charge is 0.360 e. The van der Waals surface area contributed by atoms with Crippen LogP contribution in [0.4, 0.5) is 0 Å². The van der Waals surface area contributed by atoms with Crippen LogP contribution in [0.2, 0.25) is 5.02 Å². The van der Waals surface area contributed by atoms with Gasteiger partial charge in [0.15, 0.2) is 5.43 Å². The van der Waals surface area contributed by atoms with E-state index in [2.05, 4.69) is 53.7 Å². The van der Waals surface area contributed by atoms with Gasteiger partial charge in [-0.2, -0.15) is 0 Å². The van der Waals surface area contributed by atoms with Crippen molar-refractivity contribution in [2.24, 2.45) is 0 Å². The molecule has 0 amide bonds. The van der Waals surface area contributed by atoms with Crippen LogP contribution >= 0.6 is 50.5 Å². The molecule has 1 N–H and O–H groups in total. The Morgan fingerprint density at radius 1 is 0.889 bits per heavy atom. The van der Waals surface area contributed by atoms with E-state index < -0.39 is 5.20 Å². The maximum atomic E-state index is 11.1. The van der Waals surface area contributed by atoms with E-state index in [1.165, 1.54) is 6.07 Å². The molecule has 11 heteroatoms. The second-order valence-electron chi connectivity index (χ2n) is 4.85. The summed E-state index contributed by atoms with van der Waals surface area (Å²) in [5.41, 5.74) is 1.64. The molecule has 0 radical (unpaired) electrons. The van der Waals surface area contributed by atoms with E-state index in [-0.39, 0.29) is 5.43 Å². The zero-order valence-corrected chi connectivity index (χ0v) is 17.3. The first-order valence-electron chi connectivity index (χ1n) is 7.20. The van der Waals surface area contributed by atoms with Crippen LogP contribution < -0.4 is 5.43 Å². The van der Waals surface area contributed by atoms with Gasteiger partial charge in [-0.25, -0.2) is 0 Å². The van der Waals surface area contributed by atoms with Crippen molar-refractivity contribution in [3.63, 3.8) is 0 Å². The molecule has 140 valence electrons. The summed E-state index contributed by atoms with van der Waals surface area (Å²) >= 11 is 19.7. The van der Waals surface area contributed by atoms with E-state index >= 15 is 0 Å². The third-order valence-electron chi connectivity index (χ3n) is 3.05. The first-order valence-corrected chi connectivity index (χ1v) is 12.0. The Hall–Kier alpha value is -1.69. The zero-order chi connectivity index (χ0) is 19.9. The monoisotopic (exact) mass is 462 g/mol.